The zero-order chi connectivity index (χ0) is 16.5. The van der Waals surface area contributed by atoms with Gasteiger partial charge in [-0.15, -0.1) is 0 Å². The molecule has 0 radical (unpaired) electrons. The Bertz CT molecular complexity index is 846. The average Bonchev–Trinajstić information content (AvgIpc) is 3.11. The van der Waals surface area contributed by atoms with E-state index in [1.807, 2.05) is 30.3 Å². The average molecular weight is 323 g/mol. The summed E-state index contributed by atoms with van der Waals surface area (Å²) in [5, 5.41) is 21.7. The van der Waals surface area contributed by atoms with Gasteiger partial charge in [0.1, 0.15) is 5.82 Å². The van der Waals surface area contributed by atoms with Gasteiger partial charge in [-0.3, -0.25) is 5.10 Å². The summed E-state index contributed by atoms with van der Waals surface area (Å²) in [5.74, 6) is 0.469. The smallest absolute Gasteiger partial charge is 0.126 e. The largest absolute Gasteiger partial charge is 0.391 e. The lowest BCUT2D eigenvalue weighted by Gasteiger charge is -2.29. The first-order valence-corrected chi connectivity index (χ1v) is 8.35. The number of benzene rings is 1. The molecule has 2 heterocycles. The van der Waals surface area contributed by atoms with Crippen LogP contribution in [-0.4, -0.2) is 32.4 Å². The van der Waals surface area contributed by atoms with Gasteiger partial charge in [-0.2, -0.15) is 5.10 Å². The highest BCUT2D eigenvalue weighted by molar-refractivity contribution is 5.95. The number of nitrogen functional groups attached to an aromatic ring is 1. The first-order chi connectivity index (χ1) is 11.7. The molecule has 1 aliphatic rings. The molecule has 1 aromatic carbocycles. The van der Waals surface area contributed by atoms with Crippen LogP contribution in [0.3, 0.4) is 0 Å². The second kappa shape index (κ2) is 6.13. The normalized spacial score (nSPS) is 21.0. The van der Waals surface area contributed by atoms with E-state index in [0.717, 1.165) is 53.5 Å². The molecule has 0 bridgehead atoms. The number of aliphatic hydroxyl groups excluding tert-OH is 1. The summed E-state index contributed by atoms with van der Waals surface area (Å²) in [6, 6.07) is 9.91. The summed E-state index contributed by atoms with van der Waals surface area (Å²) in [4.78, 5) is 4.46. The quantitative estimate of drug-likeness (QED) is 0.594. The van der Waals surface area contributed by atoms with Crippen molar-refractivity contribution in [3.8, 4) is 11.3 Å². The minimum atomic E-state index is -0.313. The first-order valence-electron chi connectivity index (χ1n) is 8.35. The maximum atomic E-state index is 10.2. The Balaban J connectivity index is 1.72. The summed E-state index contributed by atoms with van der Waals surface area (Å²) >= 11 is 0. The van der Waals surface area contributed by atoms with E-state index in [2.05, 4.69) is 20.5 Å². The number of aliphatic hydroxyl groups is 1. The lowest BCUT2D eigenvalue weighted by molar-refractivity contribution is 0.116. The second-order valence-corrected chi connectivity index (χ2v) is 6.40. The van der Waals surface area contributed by atoms with Crippen LogP contribution in [0.4, 0.5) is 11.5 Å². The zero-order valence-corrected chi connectivity index (χ0v) is 13.4. The lowest BCUT2D eigenvalue weighted by atomic mass is 9.92. The molecule has 4 rings (SSSR count). The van der Waals surface area contributed by atoms with E-state index in [4.69, 9.17) is 5.73 Å². The van der Waals surface area contributed by atoms with Crippen molar-refractivity contribution in [1.82, 2.24) is 15.2 Å². The maximum absolute atomic E-state index is 10.2. The van der Waals surface area contributed by atoms with Gasteiger partial charge in [-0.05, 0) is 25.0 Å². The number of hydrogen-bond donors (Lipinski definition) is 4. The van der Waals surface area contributed by atoms with E-state index in [-0.39, 0.29) is 12.1 Å². The fraction of sp³-hybridized carbons (Fsp3) is 0.333. The Kier molecular flexibility index (Phi) is 3.82. The van der Waals surface area contributed by atoms with Crippen molar-refractivity contribution in [2.24, 2.45) is 0 Å². The number of aromatic amines is 1. The van der Waals surface area contributed by atoms with Crippen LogP contribution >= 0.6 is 0 Å². The predicted octanol–water partition coefficient (Wildman–Crippen LogP) is 2.92. The van der Waals surface area contributed by atoms with Crippen LogP contribution in [0.15, 0.2) is 36.5 Å². The number of hydrogen-bond acceptors (Lipinski definition) is 5. The van der Waals surface area contributed by atoms with Crippen LogP contribution in [0.1, 0.15) is 25.7 Å². The van der Waals surface area contributed by atoms with Gasteiger partial charge >= 0.3 is 0 Å². The lowest BCUT2D eigenvalue weighted by Crippen LogP contribution is -2.36. The molecule has 2 atom stereocenters. The van der Waals surface area contributed by atoms with Crippen LogP contribution in [0.25, 0.3) is 22.2 Å². The summed E-state index contributed by atoms with van der Waals surface area (Å²) < 4.78 is 0. The molecule has 1 fully saturated rings. The van der Waals surface area contributed by atoms with Gasteiger partial charge in [0.05, 0.1) is 23.4 Å². The van der Waals surface area contributed by atoms with Crippen LogP contribution in [0.5, 0.6) is 0 Å². The van der Waals surface area contributed by atoms with Crippen molar-refractivity contribution in [3.63, 3.8) is 0 Å². The van der Waals surface area contributed by atoms with E-state index in [1.165, 1.54) is 0 Å². The van der Waals surface area contributed by atoms with E-state index < -0.39 is 0 Å². The summed E-state index contributed by atoms with van der Waals surface area (Å²) in [5.41, 5.74) is 9.72. The molecule has 0 spiro atoms. The van der Waals surface area contributed by atoms with E-state index in [0.29, 0.717) is 5.82 Å². The van der Waals surface area contributed by atoms with Gasteiger partial charge in [0.2, 0.25) is 0 Å². The third-order valence-electron chi connectivity index (χ3n) is 4.71. The van der Waals surface area contributed by atoms with E-state index in [1.54, 1.807) is 6.20 Å². The highest BCUT2D eigenvalue weighted by Crippen LogP contribution is 2.30. The standard InChI is InChI=1S/C18H21N5O/c19-18-10-16(21-14-3-1-2-4-17(14)24)12-6-5-11(9-15(12)22-18)13-7-8-20-23-13/h5-10,14,17,24H,1-4H2,(H,20,23)(H3,19,21,22)/t14-,17+/m1/s1. The van der Waals surface area contributed by atoms with Gasteiger partial charge in [0.15, 0.2) is 0 Å². The van der Waals surface area contributed by atoms with Crippen molar-refractivity contribution < 1.29 is 5.11 Å². The Morgan fingerprint density at radius 1 is 1.17 bits per heavy atom. The third kappa shape index (κ3) is 2.80. The molecule has 24 heavy (non-hydrogen) atoms. The molecule has 0 unspecified atom stereocenters. The number of H-pyrrole nitrogens is 1. The maximum Gasteiger partial charge on any atom is 0.126 e. The van der Waals surface area contributed by atoms with Gasteiger partial charge < -0.3 is 16.2 Å². The number of aromatic nitrogens is 3. The molecular formula is C18H21N5O. The summed E-state index contributed by atoms with van der Waals surface area (Å²) in [7, 11) is 0. The van der Waals surface area contributed by atoms with Crippen LogP contribution < -0.4 is 11.1 Å². The summed E-state index contributed by atoms with van der Waals surface area (Å²) in [6.45, 7) is 0. The predicted molar refractivity (Wildman–Crippen MR) is 95.6 cm³/mol. The molecule has 3 aromatic rings. The van der Waals surface area contributed by atoms with Crippen molar-refractivity contribution in [2.75, 3.05) is 11.1 Å². The van der Waals surface area contributed by atoms with Crippen LogP contribution in [0, 0.1) is 0 Å². The molecule has 0 saturated heterocycles. The number of nitrogens with zero attached hydrogens (tertiary/aromatic N) is 2. The molecule has 0 aliphatic heterocycles. The molecule has 6 heteroatoms. The fourth-order valence-electron chi connectivity index (χ4n) is 3.43. The molecule has 5 N–H and O–H groups in total. The van der Waals surface area contributed by atoms with Gasteiger partial charge in [-0.1, -0.05) is 25.0 Å². The van der Waals surface area contributed by atoms with Gasteiger partial charge in [0, 0.05) is 28.9 Å². The number of nitrogens with two attached hydrogens (primary N) is 1. The topological polar surface area (TPSA) is 99.9 Å². The molecule has 1 aliphatic carbocycles. The highest BCUT2D eigenvalue weighted by atomic mass is 16.3. The zero-order valence-electron chi connectivity index (χ0n) is 13.4. The van der Waals surface area contributed by atoms with Gasteiger partial charge in [-0.25, -0.2) is 4.98 Å². The molecule has 2 aromatic heterocycles. The number of rotatable bonds is 3. The highest BCUT2D eigenvalue weighted by Gasteiger charge is 2.23. The van der Waals surface area contributed by atoms with Crippen molar-refractivity contribution >= 4 is 22.4 Å². The van der Waals surface area contributed by atoms with E-state index in [9.17, 15) is 5.11 Å². The van der Waals surface area contributed by atoms with Crippen molar-refractivity contribution in [1.29, 1.82) is 0 Å². The number of fused-ring (bicyclic) bond motifs is 1. The van der Waals surface area contributed by atoms with Crippen LogP contribution in [-0.2, 0) is 0 Å². The minimum absolute atomic E-state index is 0.0658. The number of pyridine rings is 1. The SMILES string of the molecule is Nc1cc(N[C@@H]2CCCC[C@@H]2O)c2ccc(-c3ccn[nH]3)cc2n1. The molecule has 1 saturated carbocycles. The first kappa shape index (κ1) is 15.0. The number of nitrogens with one attached hydrogen (secondary N) is 2. The Hall–Kier alpha value is -2.60. The molecule has 124 valence electrons. The van der Waals surface area contributed by atoms with Gasteiger partial charge in [0.25, 0.3) is 0 Å². The van der Waals surface area contributed by atoms with Crippen molar-refractivity contribution in [2.45, 2.75) is 37.8 Å². The van der Waals surface area contributed by atoms with Crippen molar-refractivity contribution in [3.05, 3.63) is 36.5 Å². The minimum Gasteiger partial charge on any atom is -0.391 e. The monoisotopic (exact) mass is 323 g/mol. The third-order valence-corrected chi connectivity index (χ3v) is 4.71. The summed E-state index contributed by atoms with van der Waals surface area (Å²) in [6.07, 6.45) is 5.46. The Morgan fingerprint density at radius 3 is 2.83 bits per heavy atom. The fourth-order valence-corrected chi connectivity index (χ4v) is 3.43. The number of anilines is 2. The van der Waals surface area contributed by atoms with E-state index >= 15 is 0 Å². The second-order valence-electron chi connectivity index (χ2n) is 6.40. The van der Waals surface area contributed by atoms with Crippen LogP contribution in [0.2, 0.25) is 0 Å². The molecule has 6 nitrogen and oxygen atoms in total. The molecule has 0 amide bonds. The Morgan fingerprint density at radius 2 is 2.04 bits per heavy atom. The Labute approximate surface area is 140 Å². The molecular weight excluding hydrogens is 302 g/mol.